The van der Waals surface area contributed by atoms with Gasteiger partial charge in [0, 0.05) is 13.1 Å². The zero-order valence-electron chi connectivity index (χ0n) is 10.9. The standard InChI is InChI=1S/C14H20N2O2/c1-9-6-10(2)8-16(7-9)13-11(14(17)18)4-3-5-12(13)15/h3-5,9-10H,6-8,15H2,1-2H3,(H,17,18). The molecule has 1 saturated heterocycles. The van der Waals surface area contributed by atoms with Crippen LogP contribution in [0, 0.1) is 11.8 Å². The number of carbonyl (C=O) groups is 1. The SMILES string of the molecule is CC1CC(C)CN(c2c(N)cccc2C(=O)O)C1. The van der Waals surface area contributed by atoms with E-state index in [1.54, 1.807) is 18.2 Å². The molecule has 0 amide bonds. The molecule has 1 aromatic carbocycles. The zero-order valence-corrected chi connectivity index (χ0v) is 10.9. The lowest BCUT2D eigenvalue weighted by molar-refractivity contribution is 0.0697. The maximum absolute atomic E-state index is 11.3. The molecule has 0 aromatic heterocycles. The lowest BCUT2D eigenvalue weighted by Gasteiger charge is -2.37. The quantitative estimate of drug-likeness (QED) is 0.789. The summed E-state index contributed by atoms with van der Waals surface area (Å²) in [4.78, 5) is 13.4. The maximum atomic E-state index is 11.3. The van der Waals surface area contributed by atoms with E-state index in [1.165, 1.54) is 6.42 Å². The first kappa shape index (κ1) is 12.7. The minimum Gasteiger partial charge on any atom is -0.478 e. The van der Waals surface area contributed by atoms with Crippen LogP contribution in [-0.4, -0.2) is 24.2 Å². The summed E-state index contributed by atoms with van der Waals surface area (Å²) in [6, 6.07) is 5.09. The van der Waals surface area contributed by atoms with Crippen molar-refractivity contribution in [1.29, 1.82) is 0 Å². The molecule has 2 atom stereocenters. The molecule has 2 unspecified atom stereocenters. The second-order valence-corrected chi connectivity index (χ2v) is 5.40. The highest BCUT2D eigenvalue weighted by molar-refractivity contribution is 5.98. The second kappa shape index (κ2) is 4.88. The Labute approximate surface area is 107 Å². The van der Waals surface area contributed by atoms with E-state index in [9.17, 15) is 9.90 Å². The van der Waals surface area contributed by atoms with Gasteiger partial charge in [-0.2, -0.15) is 0 Å². The molecule has 1 heterocycles. The largest absolute Gasteiger partial charge is 0.478 e. The van der Waals surface area contributed by atoms with Crippen LogP contribution in [0.25, 0.3) is 0 Å². The zero-order chi connectivity index (χ0) is 13.3. The van der Waals surface area contributed by atoms with Crippen LogP contribution in [0.5, 0.6) is 0 Å². The number of anilines is 2. The van der Waals surface area contributed by atoms with E-state index in [2.05, 4.69) is 18.7 Å². The molecular weight excluding hydrogens is 228 g/mol. The summed E-state index contributed by atoms with van der Waals surface area (Å²) in [6.45, 7) is 6.14. The van der Waals surface area contributed by atoms with Crippen molar-refractivity contribution in [2.45, 2.75) is 20.3 Å². The predicted octanol–water partition coefficient (Wildman–Crippen LogP) is 2.45. The van der Waals surface area contributed by atoms with Crippen LogP contribution in [0.15, 0.2) is 18.2 Å². The van der Waals surface area contributed by atoms with Gasteiger partial charge in [-0.1, -0.05) is 19.9 Å². The van der Waals surface area contributed by atoms with Gasteiger partial charge in [-0.25, -0.2) is 4.79 Å². The number of para-hydroxylation sites is 1. The van der Waals surface area contributed by atoms with Gasteiger partial charge < -0.3 is 15.7 Å². The molecule has 4 nitrogen and oxygen atoms in total. The van der Waals surface area contributed by atoms with E-state index >= 15 is 0 Å². The number of nitrogen functional groups attached to an aromatic ring is 1. The highest BCUT2D eigenvalue weighted by Crippen LogP contribution is 2.33. The third kappa shape index (κ3) is 2.42. The first-order valence-corrected chi connectivity index (χ1v) is 6.35. The summed E-state index contributed by atoms with van der Waals surface area (Å²) in [6.07, 6.45) is 1.19. The van der Waals surface area contributed by atoms with E-state index in [1.807, 2.05) is 0 Å². The van der Waals surface area contributed by atoms with E-state index < -0.39 is 5.97 Å². The molecule has 0 bridgehead atoms. The van der Waals surface area contributed by atoms with Crippen LogP contribution in [0.4, 0.5) is 11.4 Å². The lowest BCUT2D eigenvalue weighted by Crippen LogP contribution is -2.39. The van der Waals surface area contributed by atoms with Gasteiger partial charge in [-0.05, 0) is 30.4 Å². The number of benzene rings is 1. The summed E-state index contributed by atoms with van der Waals surface area (Å²) in [5.41, 5.74) is 7.51. The number of piperidine rings is 1. The fraction of sp³-hybridized carbons (Fsp3) is 0.500. The van der Waals surface area contributed by atoms with Crippen molar-refractivity contribution in [2.24, 2.45) is 11.8 Å². The Balaban J connectivity index is 2.40. The number of nitrogens with zero attached hydrogens (tertiary/aromatic N) is 1. The van der Waals surface area contributed by atoms with E-state index in [4.69, 9.17) is 5.73 Å². The molecule has 4 heteroatoms. The summed E-state index contributed by atoms with van der Waals surface area (Å²) in [5.74, 6) is 0.216. The van der Waals surface area contributed by atoms with Crippen LogP contribution in [0.2, 0.25) is 0 Å². The minimum absolute atomic E-state index is 0.302. The average Bonchev–Trinajstić information content (AvgIpc) is 2.26. The minimum atomic E-state index is -0.914. The van der Waals surface area contributed by atoms with Crippen molar-refractivity contribution in [3.63, 3.8) is 0 Å². The summed E-state index contributed by atoms with van der Waals surface area (Å²) >= 11 is 0. The summed E-state index contributed by atoms with van der Waals surface area (Å²) in [5, 5.41) is 9.27. The van der Waals surface area contributed by atoms with Crippen molar-refractivity contribution in [2.75, 3.05) is 23.7 Å². The molecule has 2 rings (SSSR count). The molecule has 1 fully saturated rings. The molecule has 98 valence electrons. The lowest BCUT2D eigenvalue weighted by atomic mass is 9.91. The smallest absolute Gasteiger partial charge is 0.337 e. The van der Waals surface area contributed by atoms with E-state index in [0.717, 1.165) is 13.1 Å². The number of hydrogen-bond acceptors (Lipinski definition) is 3. The van der Waals surface area contributed by atoms with Crippen LogP contribution in [0.1, 0.15) is 30.6 Å². The first-order valence-electron chi connectivity index (χ1n) is 6.35. The van der Waals surface area contributed by atoms with Crippen LogP contribution >= 0.6 is 0 Å². The van der Waals surface area contributed by atoms with Crippen LogP contribution < -0.4 is 10.6 Å². The van der Waals surface area contributed by atoms with E-state index in [-0.39, 0.29) is 0 Å². The molecule has 0 aliphatic carbocycles. The molecule has 1 aliphatic rings. The Morgan fingerprint density at radius 1 is 1.33 bits per heavy atom. The molecule has 3 N–H and O–H groups in total. The summed E-state index contributed by atoms with van der Waals surface area (Å²) < 4.78 is 0. The molecule has 18 heavy (non-hydrogen) atoms. The van der Waals surface area contributed by atoms with Gasteiger partial charge in [0.05, 0.1) is 16.9 Å². The molecule has 1 aromatic rings. The Kier molecular flexibility index (Phi) is 3.45. The van der Waals surface area contributed by atoms with Gasteiger partial charge in [-0.3, -0.25) is 0 Å². The van der Waals surface area contributed by atoms with Crippen molar-refractivity contribution in [3.05, 3.63) is 23.8 Å². The van der Waals surface area contributed by atoms with Crippen LogP contribution in [0.3, 0.4) is 0 Å². The monoisotopic (exact) mass is 248 g/mol. The highest BCUT2D eigenvalue weighted by atomic mass is 16.4. The number of carboxylic acids is 1. The molecule has 0 spiro atoms. The fourth-order valence-corrected chi connectivity index (χ4v) is 2.93. The number of hydrogen-bond donors (Lipinski definition) is 2. The number of rotatable bonds is 2. The Hall–Kier alpha value is -1.71. The molecule has 0 radical (unpaired) electrons. The van der Waals surface area contributed by atoms with Gasteiger partial charge in [0.25, 0.3) is 0 Å². The van der Waals surface area contributed by atoms with Gasteiger partial charge in [0.1, 0.15) is 0 Å². The second-order valence-electron chi connectivity index (χ2n) is 5.40. The Morgan fingerprint density at radius 3 is 2.50 bits per heavy atom. The molecular formula is C14H20N2O2. The van der Waals surface area contributed by atoms with Gasteiger partial charge in [0.15, 0.2) is 0 Å². The van der Waals surface area contributed by atoms with Crippen molar-refractivity contribution >= 4 is 17.3 Å². The van der Waals surface area contributed by atoms with Gasteiger partial charge >= 0.3 is 5.97 Å². The fourth-order valence-electron chi connectivity index (χ4n) is 2.93. The topological polar surface area (TPSA) is 66.6 Å². The number of aromatic carboxylic acids is 1. The third-order valence-electron chi connectivity index (χ3n) is 3.48. The number of carboxylic acid groups (broad SMARTS) is 1. The highest BCUT2D eigenvalue weighted by Gasteiger charge is 2.26. The Bertz CT molecular complexity index is 449. The third-order valence-corrected chi connectivity index (χ3v) is 3.48. The van der Waals surface area contributed by atoms with Crippen molar-refractivity contribution < 1.29 is 9.90 Å². The van der Waals surface area contributed by atoms with Crippen molar-refractivity contribution in [1.82, 2.24) is 0 Å². The average molecular weight is 248 g/mol. The molecule has 0 saturated carbocycles. The van der Waals surface area contributed by atoms with Gasteiger partial charge in [-0.15, -0.1) is 0 Å². The summed E-state index contributed by atoms with van der Waals surface area (Å²) in [7, 11) is 0. The molecule has 1 aliphatic heterocycles. The maximum Gasteiger partial charge on any atom is 0.337 e. The van der Waals surface area contributed by atoms with Crippen LogP contribution in [-0.2, 0) is 0 Å². The predicted molar refractivity (Wildman–Crippen MR) is 73.0 cm³/mol. The number of nitrogens with two attached hydrogens (primary N) is 1. The van der Waals surface area contributed by atoms with E-state index in [0.29, 0.717) is 28.8 Å². The van der Waals surface area contributed by atoms with Gasteiger partial charge in [0.2, 0.25) is 0 Å². The first-order chi connectivity index (χ1) is 8.49. The normalized spacial score (nSPS) is 24.0. The Morgan fingerprint density at radius 2 is 1.94 bits per heavy atom. The van der Waals surface area contributed by atoms with Crippen molar-refractivity contribution in [3.8, 4) is 0 Å².